The molecule has 1 aromatic carbocycles. The van der Waals surface area contributed by atoms with Crippen molar-refractivity contribution in [3.05, 3.63) is 70.2 Å². The smallest absolute Gasteiger partial charge is 0.338 e. The summed E-state index contributed by atoms with van der Waals surface area (Å²) in [6.45, 7) is 0.154. The summed E-state index contributed by atoms with van der Waals surface area (Å²) in [6.07, 6.45) is 4.69. The number of benzene rings is 1. The standard InChI is InChI=1S/C14H10FN3O3/c15-11-2-1-9(7-10(11)14(20)21)8-17-5-6-18-12(13(17)19)3-4-16-18/h1-7H,8H2,(H,20,21). The number of aromatic nitrogens is 3. The third-order valence-corrected chi connectivity index (χ3v) is 3.15. The number of carboxylic acid groups (broad SMARTS) is 1. The van der Waals surface area contributed by atoms with Gasteiger partial charge < -0.3 is 9.67 Å². The van der Waals surface area contributed by atoms with E-state index in [9.17, 15) is 14.0 Å². The van der Waals surface area contributed by atoms with E-state index in [2.05, 4.69) is 5.10 Å². The first-order valence-electron chi connectivity index (χ1n) is 6.11. The maximum Gasteiger partial charge on any atom is 0.338 e. The number of halogens is 1. The van der Waals surface area contributed by atoms with E-state index in [0.29, 0.717) is 11.1 Å². The number of carbonyl (C=O) groups is 1. The van der Waals surface area contributed by atoms with Crippen LogP contribution < -0.4 is 5.56 Å². The number of carboxylic acids is 1. The molecule has 0 aliphatic rings. The van der Waals surface area contributed by atoms with Gasteiger partial charge in [0.05, 0.1) is 18.3 Å². The second-order valence-electron chi connectivity index (χ2n) is 4.51. The van der Waals surface area contributed by atoms with Gasteiger partial charge in [0, 0.05) is 12.4 Å². The Kier molecular flexibility index (Phi) is 3.02. The monoisotopic (exact) mass is 287 g/mol. The van der Waals surface area contributed by atoms with E-state index in [4.69, 9.17) is 5.11 Å². The van der Waals surface area contributed by atoms with Crippen LogP contribution in [0.3, 0.4) is 0 Å². The molecule has 0 radical (unpaired) electrons. The average molecular weight is 287 g/mol. The van der Waals surface area contributed by atoms with Crippen LogP contribution in [0.1, 0.15) is 15.9 Å². The van der Waals surface area contributed by atoms with Crippen molar-refractivity contribution < 1.29 is 14.3 Å². The van der Waals surface area contributed by atoms with Crippen LogP contribution in [0.5, 0.6) is 0 Å². The Morgan fingerprint density at radius 3 is 2.86 bits per heavy atom. The number of fused-ring (bicyclic) bond motifs is 1. The highest BCUT2D eigenvalue weighted by molar-refractivity contribution is 5.88. The van der Waals surface area contributed by atoms with Gasteiger partial charge in [-0.05, 0) is 23.8 Å². The van der Waals surface area contributed by atoms with E-state index in [1.807, 2.05) is 0 Å². The van der Waals surface area contributed by atoms with Gasteiger partial charge in [0.1, 0.15) is 11.3 Å². The summed E-state index contributed by atoms with van der Waals surface area (Å²) in [5, 5.41) is 12.9. The van der Waals surface area contributed by atoms with E-state index in [1.54, 1.807) is 18.5 Å². The Balaban J connectivity index is 2.02. The molecule has 0 bridgehead atoms. The van der Waals surface area contributed by atoms with Gasteiger partial charge in [-0.25, -0.2) is 13.7 Å². The fraction of sp³-hybridized carbons (Fsp3) is 0.0714. The molecule has 0 spiro atoms. The third-order valence-electron chi connectivity index (χ3n) is 3.15. The minimum Gasteiger partial charge on any atom is -0.478 e. The van der Waals surface area contributed by atoms with Gasteiger partial charge in [0.2, 0.25) is 0 Å². The molecule has 21 heavy (non-hydrogen) atoms. The Morgan fingerprint density at radius 1 is 1.29 bits per heavy atom. The van der Waals surface area contributed by atoms with Crippen molar-refractivity contribution in [3.8, 4) is 0 Å². The lowest BCUT2D eigenvalue weighted by molar-refractivity contribution is 0.0691. The fourth-order valence-electron chi connectivity index (χ4n) is 2.12. The van der Waals surface area contributed by atoms with Gasteiger partial charge in [0.15, 0.2) is 0 Å². The van der Waals surface area contributed by atoms with Crippen molar-refractivity contribution in [1.82, 2.24) is 14.2 Å². The van der Waals surface area contributed by atoms with Crippen molar-refractivity contribution in [2.24, 2.45) is 0 Å². The van der Waals surface area contributed by atoms with Gasteiger partial charge in [-0.15, -0.1) is 0 Å². The van der Waals surface area contributed by atoms with E-state index in [0.717, 1.165) is 6.07 Å². The van der Waals surface area contributed by atoms with Gasteiger partial charge in [-0.2, -0.15) is 5.10 Å². The predicted octanol–water partition coefficient (Wildman–Crippen LogP) is 1.38. The third kappa shape index (κ3) is 2.29. The molecule has 0 amide bonds. The molecule has 7 heteroatoms. The Hall–Kier alpha value is -2.96. The average Bonchev–Trinajstić information content (AvgIpc) is 2.93. The predicted molar refractivity (Wildman–Crippen MR) is 71.9 cm³/mol. The minimum atomic E-state index is -1.34. The first-order valence-corrected chi connectivity index (χ1v) is 6.11. The fourth-order valence-corrected chi connectivity index (χ4v) is 2.12. The van der Waals surface area contributed by atoms with E-state index >= 15 is 0 Å². The zero-order valence-corrected chi connectivity index (χ0v) is 10.7. The zero-order chi connectivity index (χ0) is 15.0. The number of hydrogen-bond donors (Lipinski definition) is 1. The molecule has 0 aliphatic carbocycles. The maximum absolute atomic E-state index is 13.3. The van der Waals surface area contributed by atoms with Crippen LogP contribution in [0, 0.1) is 5.82 Å². The van der Waals surface area contributed by atoms with E-state index in [-0.39, 0.29) is 12.1 Å². The summed E-state index contributed by atoms with van der Waals surface area (Å²) < 4.78 is 16.2. The van der Waals surface area contributed by atoms with Crippen molar-refractivity contribution in [1.29, 1.82) is 0 Å². The van der Waals surface area contributed by atoms with Crippen LogP contribution in [0.2, 0.25) is 0 Å². The highest BCUT2D eigenvalue weighted by atomic mass is 19.1. The molecular formula is C14H10FN3O3. The van der Waals surface area contributed by atoms with E-state index in [1.165, 1.54) is 27.4 Å². The van der Waals surface area contributed by atoms with Crippen molar-refractivity contribution in [3.63, 3.8) is 0 Å². The lowest BCUT2D eigenvalue weighted by Crippen LogP contribution is -2.22. The molecule has 1 N–H and O–H groups in total. The second kappa shape index (κ2) is 4.86. The van der Waals surface area contributed by atoms with Crippen LogP contribution in [0.4, 0.5) is 4.39 Å². The molecule has 106 valence electrons. The quantitative estimate of drug-likeness (QED) is 0.789. The number of nitrogens with zero attached hydrogens (tertiary/aromatic N) is 3. The molecule has 2 heterocycles. The molecule has 0 atom stereocenters. The van der Waals surface area contributed by atoms with Crippen molar-refractivity contribution >= 4 is 11.5 Å². The van der Waals surface area contributed by atoms with Crippen LogP contribution in [-0.4, -0.2) is 25.3 Å². The number of hydrogen-bond acceptors (Lipinski definition) is 3. The molecule has 0 saturated carbocycles. The molecule has 3 aromatic rings. The largest absolute Gasteiger partial charge is 0.478 e. The molecule has 0 fully saturated rings. The SMILES string of the molecule is O=C(O)c1cc(Cn2ccn3nccc3c2=O)ccc1F. The Morgan fingerprint density at radius 2 is 2.10 bits per heavy atom. The lowest BCUT2D eigenvalue weighted by Gasteiger charge is -2.07. The number of aromatic carboxylic acids is 1. The molecule has 6 nitrogen and oxygen atoms in total. The molecular weight excluding hydrogens is 277 g/mol. The lowest BCUT2D eigenvalue weighted by atomic mass is 10.1. The van der Waals surface area contributed by atoms with Crippen molar-refractivity contribution in [2.45, 2.75) is 6.54 Å². The first-order chi connectivity index (χ1) is 10.1. The molecule has 3 rings (SSSR count). The van der Waals surface area contributed by atoms with Gasteiger partial charge >= 0.3 is 5.97 Å². The summed E-state index contributed by atoms with van der Waals surface area (Å²) in [6, 6.07) is 5.35. The first kappa shape index (κ1) is 13.0. The van der Waals surface area contributed by atoms with Crippen molar-refractivity contribution in [2.75, 3.05) is 0 Å². The summed E-state index contributed by atoms with van der Waals surface area (Å²) in [5.74, 6) is -2.14. The van der Waals surface area contributed by atoms with Gasteiger partial charge in [-0.1, -0.05) is 6.07 Å². The molecule has 0 saturated heterocycles. The van der Waals surface area contributed by atoms with Crippen LogP contribution in [0.25, 0.3) is 5.52 Å². The summed E-state index contributed by atoms with van der Waals surface area (Å²) in [4.78, 5) is 23.1. The van der Waals surface area contributed by atoms with Crippen LogP contribution >= 0.6 is 0 Å². The molecule has 0 aliphatic heterocycles. The highest BCUT2D eigenvalue weighted by Crippen LogP contribution is 2.11. The van der Waals surface area contributed by atoms with Gasteiger partial charge in [-0.3, -0.25) is 4.79 Å². The topological polar surface area (TPSA) is 76.6 Å². The summed E-state index contributed by atoms with van der Waals surface area (Å²) in [5.41, 5.74) is 0.278. The van der Waals surface area contributed by atoms with Gasteiger partial charge in [0.25, 0.3) is 5.56 Å². The zero-order valence-electron chi connectivity index (χ0n) is 10.7. The Bertz CT molecular complexity index is 898. The summed E-state index contributed by atoms with van der Waals surface area (Å²) >= 11 is 0. The molecule has 0 unspecified atom stereocenters. The minimum absolute atomic E-state index is 0.154. The second-order valence-corrected chi connectivity index (χ2v) is 4.51. The van der Waals surface area contributed by atoms with Crippen LogP contribution in [0.15, 0.2) is 47.7 Å². The van der Waals surface area contributed by atoms with E-state index < -0.39 is 17.3 Å². The maximum atomic E-state index is 13.3. The Labute approximate surface area is 117 Å². The highest BCUT2D eigenvalue weighted by Gasteiger charge is 2.11. The summed E-state index contributed by atoms with van der Waals surface area (Å²) in [7, 11) is 0. The van der Waals surface area contributed by atoms with Crippen LogP contribution in [-0.2, 0) is 6.54 Å². The molecule has 2 aromatic heterocycles. The number of rotatable bonds is 3. The normalized spacial score (nSPS) is 10.9.